The Labute approximate surface area is 211 Å². The number of nitrogens with zero attached hydrogens (tertiary/aromatic N) is 3. The molecule has 4 rings (SSSR count). The number of rotatable bonds is 7. The second kappa shape index (κ2) is 10.2. The highest BCUT2D eigenvalue weighted by atomic mass is 35.5. The van der Waals surface area contributed by atoms with Crippen molar-refractivity contribution in [2.75, 3.05) is 43.4 Å². The van der Waals surface area contributed by atoms with Gasteiger partial charge in [-0.2, -0.15) is 0 Å². The van der Waals surface area contributed by atoms with Crippen LogP contribution >= 0.6 is 30.8 Å². The lowest BCUT2D eigenvalue weighted by Crippen LogP contribution is -2.40. The Kier molecular flexibility index (Phi) is 7.61. The van der Waals surface area contributed by atoms with Gasteiger partial charge in [0.25, 0.3) is 10.0 Å². The predicted octanol–water partition coefficient (Wildman–Crippen LogP) is 3.25. The maximum absolute atomic E-state index is 13.4. The highest BCUT2D eigenvalue weighted by molar-refractivity contribution is 7.93. The Morgan fingerprint density at radius 2 is 1.71 bits per heavy atom. The number of benzene rings is 2. The summed E-state index contributed by atoms with van der Waals surface area (Å²) >= 11 is 11.9. The van der Waals surface area contributed by atoms with Gasteiger partial charge in [-0.1, -0.05) is 23.2 Å². The number of anilines is 1. The van der Waals surface area contributed by atoms with Crippen LogP contribution in [-0.4, -0.2) is 72.7 Å². The van der Waals surface area contributed by atoms with Gasteiger partial charge in [-0.15, -0.1) is 0 Å². The largest absolute Gasteiger partial charge is 0.379 e. The summed E-state index contributed by atoms with van der Waals surface area (Å²) in [6.45, 7) is 2.62. The first kappa shape index (κ1) is 26.1. The average Bonchev–Trinajstić information content (AvgIpc) is 3.20. The summed E-state index contributed by atoms with van der Waals surface area (Å²) in [6, 6.07) is 9.65. The normalized spacial score (nSPS) is 15.4. The van der Waals surface area contributed by atoms with Crippen LogP contribution in [0, 0.1) is 0 Å². The first-order chi connectivity index (χ1) is 16.4. The highest BCUT2D eigenvalue weighted by Gasteiger charge is 2.32. The van der Waals surface area contributed by atoms with Crippen molar-refractivity contribution in [1.82, 2.24) is 9.47 Å². The quantitative estimate of drug-likeness (QED) is 0.420. The molecule has 1 aliphatic rings. The van der Waals surface area contributed by atoms with Crippen molar-refractivity contribution in [1.29, 1.82) is 0 Å². The third kappa shape index (κ3) is 6.07. The van der Waals surface area contributed by atoms with E-state index in [2.05, 4.69) is 0 Å². The molecule has 2 N–H and O–H groups in total. The van der Waals surface area contributed by atoms with E-state index in [0.717, 1.165) is 12.1 Å². The van der Waals surface area contributed by atoms with Gasteiger partial charge in [0.1, 0.15) is 6.29 Å². The van der Waals surface area contributed by atoms with Gasteiger partial charge in [-0.25, -0.2) is 8.42 Å². The van der Waals surface area contributed by atoms with Crippen molar-refractivity contribution in [2.24, 2.45) is 0 Å². The maximum Gasteiger partial charge on any atom is 0.345 e. The maximum atomic E-state index is 13.4. The number of sulfonamides is 1. The molecule has 0 spiro atoms. The lowest BCUT2D eigenvalue weighted by molar-refractivity contribution is 0.0350. The van der Waals surface area contributed by atoms with Crippen molar-refractivity contribution in [3.63, 3.8) is 0 Å². The second-order valence-electron chi connectivity index (χ2n) is 7.98. The first-order valence-corrected chi connectivity index (χ1v) is 14.4. The van der Waals surface area contributed by atoms with Gasteiger partial charge in [0, 0.05) is 34.7 Å². The van der Waals surface area contributed by atoms with Gasteiger partial charge in [-0.05, 0) is 42.5 Å². The lowest BCUT2D eigenvalue weighted by atomic mass is 10.2. The van der Waals surface area contributed by atoms with Gasteiger partial charge in [0.2, 0.25) is 5.91 Å². The molecule has 1 aliphatic heterocycles. The van der Waals surface area contributed by atoms with Crippen LogP contribution in [0.5, 0.6) is 0 Å². The third-order valence-corrected chi connectivity index (χ3v) is 8.46. The summed E-state index contributed by atoms with van der Waals surface area (Å²) in [5.41, 5.74) is 0.543. The molecule has 35 heavy (non-hydrogen) atoms. The van der Waals surface area contributed by atoms with Crippen LogP contribution in [0.1, 0.15) is 4.79 Å². The van der Waals surface area contributed by atoms with E-state index < -0.39 is 23.9 Å². The Hall–Kier alpha value is -1.95. The van der Waals surface area contributed by atoms with Gasteiger partial charge in [0.15, 0.2) is 0 Å². The van der Waals surface area contributed by atoms with E-state index in [1.165, 1.54) is 28.8 Å². The Bertz CT molecular complexity index is 1400. The number of carbonyl (C=O) groups is 1. The van der Waals surface area contributed by atoms with E-state index >= 15 is 0 Å². The van der Waals surface area contributed by atoms with Gasteiger partial charge >= 0.3 is 7.60 Å². The Morgan fingerprint density at radius 1 is 1.06 bits per heavy atom. The lowest BCUT2D eigenvalue weighted by Gasteiger charge is -2.26. The minimum Gasteiger partial charge on any atom is -0.379 e. The number of hydrogen-bond acceptors (Lipinski definition) is 6. The number of hydrogen-bond donors (Lipinski definition) is 2. The molecule has 1 saturated heterocycles. The zero-order chi connectivity index (χ0) is 25.4. The molecule has 14 heteroatoms. The topological polar surface area (TPSA) is 129 Å². The molecule has 188 valence electrons. The van der Waals surface area contributed by atoms with Crippen LogP contribution in [0.4, 0.5) is 5.69 Å². The summed E-state index contributed by atoms with van der Waals surface area (Å²) < 4.78 is 46.0. The van der Waals surface area contributed by atoms with Crippen molar-refractivity contribution in [2.45, 2.75) is 4.90 Å². The molecule has 0 bridgehead atoms. The van der Waals surface area contributed by atoms with Gasteiger partial charge < -0.3 is 14.5 Å². The fraction of sp³-hybridized carbons (Fsp3) is 0.286. The number of halogens is 2. The fourth-order valence-corrected chi connectivity index (χ4v) is 7.21. The van der Waals surface area contributed by atoms with Crippen molar-refractivity contribution in [3.8, 4) is 0 Å². The molecular weight excluding hydrogens is 540 g/mol. The smallest absolute Gasteiger partial charge is 0.345 e. The molecule has 0 saturated carbocycles. The molecule has 0 radical (unpaired) electrons. The SMILES string of the molecule is O=C(CN1CCOCC1)n1ccc2cc(N(CP(=O)(O)O)S(=O)(=O)c3cc(Cl)cc(Cl)c3)ccc21. The summed E-state index contributed by atoms with van der Waals surface area (Å²) in [5, 5.41) is 0.630. The minimum absolute atomic E-state index is 0.00954. The summed E-state index contributed by atoms with van der Waals surface area (Å²) in [4.78, 5) is 33.7. The van der Waals surface area contributed by atoms with Crippen LogP contribution in [0.25, 0.3) is 10.9 Å². The highest BCUT2D eigenvalue weighted by Crippen LogP contribution is 2.40. The number of morpholine rings is 1. The molecule has 1 aromatic heterocycles. The predicted molar refractivity (Wildman–Crippen MR) is 133 cm³/mol. The standard InChI is InChI=1S/C21H22Cl2N3O7PS/c22-16-10-17(23)12-19(11-16)35(31,32)26(14-34(28,29)30)18-1-2-20-15(9-18)3-4-25(20)21(27)13-24-5-7-33-8-6-24/h1-4,9-12H,5-8,13-14H2,(H2,28,29,30). The molecule has 2 heterocycles. The summed E-state index contributed by atoms with van der Waals surface area (Å²) in [5.74, 6) is -0.164. The van der Waals surface area contributed by atoms with Crippen LogP contribution in [-0.2, 0) is 19.3 Å². The number of ether oxygens (including phenoxy) is 1. The summed E-state index contributed by atoms with van der Waals surface area (Å²) in [6.07, 6.45) is 0.484. The second-order valence-corrected chi connectivity index (χ2v) is 12.3. The molecule has 0 aliphatic carbocycles. The van der Waals surface area contributed by atoms with E-state index in [1.807, 2.05) is 4.90 Å². The number of fused-ring (bicyclic) bond motifs is 1. The average molecular weight is 562 g/mol. The molecule has 1 fully saturated rings. The fourth-order valence-electron chi connectivity index (χ4n) is 3.80. The molecule has 0 unspecified atom stereocenters. The molecule has 3 aromatic rings. The van der Waals surface area contributed by atoms with Crippen molar-refractivity contribution >= 4 is 63.3 Å². The minimum atomic E-state index is -4.81. The van der Waals surface area contributed by atoms with E-state index in [1.54, 1.807) is 12.3 Å². The molecule has 0 atom stereocenters. The summed E-state index contributed by atoms with van der Waals surface area (Å²) in [7, 11) is -9.26. The van der Waals surface area contributed by atoms with E-state index in [-0.39, 0.29) is 33.1 Å². The zero-order valence-corrected chi connectivity index (χ0v) is 21.5. The number of aromatic nitrogens is 1. The van der Waals surface area contributed by atoms with Crippen LogP contribution in [0.3, 0.4) is 0 Å². The van der Waals surface area contributed by atoms with Gasteiger partial charge in [-0.3, -0.25) is 23.1 Å². The van der Waals surface area contributed by atoms with Gasteiger partial charge in [0.05, 0.1) is 35.9 Å². The Balaban J connectivity index is 1.70. The zero-order valence-electron chi connectivity index (χ0n) is 18.3. The van der Waals surface area contributed by atoms with Crippen molar-refractivity contribution in [3.05, 3.63) is 58.7 Å². The molecule has 10 nitrogen and oxygen atoms in total. The van der Waals surface area contributed by atoms with E-state index in [4.69, 9.17) is 27.9 Å². The molecule has 2 aromatic carbocycles. The van der Waals surface area contributed by atoms with E-state index in [0.29, 0.717) is 41.5 Å². The monoisotopic (exact) mass is 561 g/mol. The molecular formula is C21H22Cl2N3O7PS. The third-order valence-electron chi connectivity index (χ3n) is 5.43. The van der Waals surface area contributed by atoms with Crippen LogP contribution in [0.15, 0.2) is 53.6 Å². The van der Waals surface area contributed by atoms with Crippen LogP contribution in [0.2, 0.25) is 10.0 Å². The van der Waals surface area contributed by atoms with Crippen molar-refractivity contribution < 1.29 is 32.3 Å². The van der Waals surface area contributed by atoms with E-state index in [9.17, 15) is 27.6 Å². The Morgan fingerprint density at radius 3 is 2.34 bits per heavy atom. The first-order valence-electron chi connectivity index (χ1n) is 10.4. The van der Waals surface area contributed by atoms with Crippen LogP contribution < -0.4 is 4.31 Å². The number of carbonyl (C=O) groups excluding carboxylic acids is 1. The molecule has 0 amide bonds.